The molecule has 0 bridgehead atoms. The lowest BCUT2D eigenvalue weighted by Crippen LogP contribution is -2.26. The predicted molar refractivity (Wildman–Crippen MR) is 67.7 cm³/mol. The molecule has 17 heavy (non-hydrogen) atoms. The third kappa shape index (κ3) is 4.83. The summed E-state index contributed by atoms with van der Waals surface area (Å²) in [6.07, 6.45) is 0. The van der Waals surface area contributed by atoms with Crippen LogP contribution in [0.1, 0.15) is 13.8 Å². The van der Waals surface area contributed by atoms with Gasteiger partial charge < -0.3 is 16.0 Å². The van der Waals surface area contributed by atoms with Gasteiger partial charge in [-0.15, -0.1) is 0 Å². The van der Waals surface area contributed by atoms with Gasteiger partial charge >= 0.3 is 6.03 Å². The number of nitrogens with one attached hydrogen (secondary N) is 3. The highest BCUT2D eigenvalue weighted by molar-refractivity contribution is 5.93. The van der Waals surface area contributed by atoms with Crippen molar-refractivity contribution in [1.29, 1.82) is 0 Å². The maximum absolute atomic E-state index is 11.4. The van der Waals surface area contributed by atoms with Crippen LogP contribution in [-0.4, -0.2) is 11.9 Å². The van der Waals surface area contributed by atoms with E-state index in [4.69, 9.17) is 0 Å². The van der Waals surface area contributed by atoms with Gasteiger partial charge in [-0.05, 0) is 25.1 Å². The van der Waals surface area contributed by atoms with Gasteiger partial charge in [0.05, 0.1) is 0 Å². The van der Waals surface area contributed by atoms with E-state index in [1.165, 1.54) is 6.92 Å². The van der Waals surface area contributed by atoms with E-state index in [1.54, 1.807) is 31.2 Å². The van der Waals surface area contributed by atoms with Crippen LogP contribution in [0.5, 0.6) is 0 Å². The highest BCUT2D eigenvalue weighted by Crippen LogP contribution is 2.14. The van der Waals surface area contributed by atoms with Gasteiger partial charge in [-0.25, -0.2) is 4.79 Å². The first-order valence-corrected chi connectivity index (χ1v) is 5.08. The van der Waals surface area contributed by atoms with E-state index in [-0.39, 0.29) is 11.9 Å². The molecule has 0 radical (unpaired) electrons. The third-order valence-corrected chi connectivity index (χ3v) is 1.77. The summed E-state index contributed by atoms with van der Waals surface area (Å²) in [5, 5.41) is 7.78. The van der Waals surface area contributed by atoms with Crippen molar-refractivity contribution >= 4 is 23.3 Å². The van der Waals surface area contributed by atoms with Gasteiger partial charge in [0.25, 0.3) is 0 Å². The molecule has 0 heterocycles. The Labute approximate surface area is 99.9 Å². The van der Waals surface area contributed by atoms with Gasteiger partial charge in [0.15, 0.2) is 0 Å². The number of urea groups is 1. The van der Waals surface area contributed by atoms with Crippen LogP contribution in [0.25, 0.3) is 0 Å². The van der Waals surface area contributed by atoms with Gasteiger partial charge in [-0.3, -0.25) is 4.79 Å². The molecule has 0 spiro atoms. The van der Waals surface area contributed by atoms with Crippen molar-refractivity contribution in [3.63, 3.8) is 0 Å². The van der Waals surface area contributed by atoms with Crippen LogP contribution in [0, 0.1) is 0 Å². The highest BCUT2D eigenvalue weighted by atomic mass is 16.2. The zero-order valence-electron chi connectivity index (χ0n) is 9.83. The minimum absolute atomic E-state index is 0.159. The van der Waals surface area contributed by atoms with Crippen molar-refractivity contribution in [2.45, 2.75) is 13.8 Å². The molecule has 0 atom stereocenters. The Hall–Kier alpha value is -2.30. The average Bonchev–Trinajstić information content (AvgIpc) is 2.14. The zero-order chi connectivity index (χ0) is 12.8. The molecule has 1 rings (SSSR count). The predicted octanol–water partition coefficient (Wildman–Crippen LogP) is 2.30. The maximum atomic E-state index is 11.4. The quantitative estimate of drug-likeness (QED) is 0.749. The maximum Gasteiger partial charge on any atom is 0.323 e. The Morgan fingerprint density at radius 2 is 1.71 bits per heavy atom. The second kappa shape index (κ2) is 5.69. The molecular formula is C12H15N3O2. The summed E-state index contributed by atoms with van der Waals surface area (Å²) in [5.74, 6) is -0.159. The van der Waals surface area contributed by atoms with Gasteiger partial charge in [0.1, 0.15) is 0 Å². The molecule has 1 aromatic rings. The molecule has 0 aliphatic heterocycles. The van der Waals surface area contributed by atoms with Crippen LogP contribution in [0.2, 0.25) is 0 Å². The Morgan fingerprint density at radius 3 is 2.24 bits per heavy atom. The Balaban J connectivity index is 2.68. The van der Waals surface area contributed by atoms with Crippen molar-refractivity contribution in [3.05, 3.63) is 36.5 Å². The molecule has 3 N–H and O–H groups in total. The first-order chi connectivity index (χ1) is 7.97. The number of hydrogen-bond acceptors (Lipinski definition) is 2. The van der Waals surface area contributed by atoms with Crippen molar-refractivity contribution < 1.29 is 9.59 Å². The molecule has 0 aromatic heterocycles. The second-order valence-corrected chi connectivity index (χ2v) is 3.62. The van der Waals surface area contributed by atoms with Crippen LogP contribution < -0.4 is 16.0 Å². The van der Waals surface area contributed by atoms with Crippen molar-refractivity contribution in [1.82, 2.24) is 5.32 Å². The summed E-state index contributed by atoms with van der Waals surface area (Å²) in [4.78, 5) is 22.3. The average molecular weight is 233 g/mol. The minimum atomic E-state index is -0.363. The number of allylic oxidation sites excluding steroid dienone is 1. The number of hydrogen-bond donors (Lipinski definition) is 3. The monoisotopic (exact) mass is 233 g/mol. The molecule has 0 fully saturated rings. The number of amides is 3. The Morgan fingerprint density at radius 1 is 1.12 bits per heavy atom. The fourth-order valence-electron chi connectivity index (χ4n) is 1.23. The fourth-order valence-corrected chi connectivity index (χ4v) is 1.23. The van der Waals surface area contributed by atoms with E-state index in [0.29, 0.717) is 17.1 Å². The van der Waals surface area contributed by atoms with Crippen LogP contribution >= 0.6 is 0 Å². The zero-order valence-corrected chi connectivity index (χ0v) is 9.83. The van der Waals surface area contributed by atoms with Crippen LogP contribution in [0.15, 0.2) is 36.5 Å². The summed E-state index contributed by atoms with van der Waals surface area (Å²) in [6.45, 7) is 6.68. The molecule has 0 saturated heterocycles. The standard InChI is InChI=1S/C12H15N3O2/c1-8(2)13-12(17)15-11-6-4-5-10(7-11)14-9(3)16/h4-7H,1H2,2-3H3,(H,14,16)(H2,13,15,17). The number of carbonyl (C=O) groups is 2. The van der Waals surface area contributed by atoms with Crippen LogP contribution in [0.3, 0.4) is 0 Å². The van der Waals surface area contributed by atoms with Crippen molar-refractivity contribution in [2.75, 3.05) is 10.6 Å². The minimum Gasteiger partial charge on any atom is -0.326 e. The summed E-state index contributed by atoms with van der Waals surface area (Å²) in [7, 11) is 0. The topological polar surface area (TPSA) is 70.2 Å². The lowest BCUT2D eigenvalue weighted by molar-refractivity contribution is -0.114. The van der Waals surface area contributed by atoms with E-state index in [0.717, 1.165) is 0 Å². The SMILES string of the molecule is C=C(C)NC(=O)Nc1cccc(NC(C)=O)c1. The molecule has 90 valence electrons. The third-order valence-electron chi connectivity index (χ3n) is 1.77. The summed E-state index contributed by atoms with van der Waals surface area (Å²) < 4.78 is 0. The summed E-state index contributed by atoms with van der Waals surface area (Å²) in [5.41, 5.74) is 1.78. The largest absolute Gasteiger partial charge is 0.326 e. The number of rotatable bonds is 3. The molecule has 5 heteroatoms. The van der Waals surface area contributed by atoms with Gasteiger partial charge in [-0.2, -0.15) is 0 Å². The van der Waals surface area contributed by atoms with E-state index in [2.05, 4.69) is 22.5 Å². The molecule has 0 aliphatic carbocycles. The Kier molecular flexibility index (Phi) is 4.28. The molecule has 0 aliphatic rings. The van der Waals surface area contributed by atoms with Crippen LogP contribution in [-0.2, 0) is 4.79 Å². The molecule has 1 aromatic carbocycles. The molecule has 0 unspecified atom stereocenters. The molecule has 0 saturated carbocycles. The van der Waals surface area contributed by atoms with E-state index in [1.807, 2.05) is 0 Å². The first kappa shape index (κ1) is 12.8. The van der Waals surface area contributed by atoms with Crippen LogP contribution in [0.4, 0.5) is 16.2 Å². The first-order valence-electron chi connectivity index (χ1n) is 5.08. The number of anilines is 2. The summed E-state index contributed by atoms with van der Waals surface area (Å²) in [6, 6.07) is 6.51. The fraction of sp³-hybridized carbons (Fsp3) is 0.167. The number of carbonyl (C=O) groups excluding carboxylic acids is 2. The highest BCUT2D eigenvalue weighted by Gasteiger charge is 2.02. The van der Waals surface area contributed by atoms with E-state index in [9.17, 15) is 9.59 Å². The molecule has 3 amide bonds. The van der Waals surface area contributed by atoms with Crippen molar-refractivity contribution in [3.8, 4) is 0 Å². The smallest absolute Gasteiger partial charge is 0.323 e. The van der Waals surface area contributed by atoms with Crippen molar-refractivity contribution in [2.24, 2.45) is 0 Å². The number of benzene rings is 1. The van der Waals surface area contributed by atoms with Gasteiger partial charge in [0.2, 0.25) is 5.91 Å². The Bertz CT molecular complexity index is 455. The lowest BCUT2D eigenvalue weighted by atomic mass is 10.3. The van der Waals surface area contributed by atoms with Gasteiger partial charge in [-0.1, -0.05) is 12.6 Å². The normalized spacial score (nSPS) is 9.29. The molecular weight excluding hydrogens is 218 g/mol. The molecule has 5 nitrogen and oxygen atoms in total. The van der Waals surface area contributed by atoms with E-state index >= 15 is 0 Å². The van der Waals surface area contributed by atoms with E-state index < -0.39 is 0 Å². The summed E-state index contributed by atoms with van der Waals surface area (Å²) >= 11 is 0. The van der Waals surface area contributed by atoms with Gasteiger partial charge in [0, 0.05) is 24.0 Å². The second-order valence-electron chi connectivity index (χ2n) is 3.62. The lowest BCUT2D eigenvalue weighted by Gasteiger charge is -2.08.